The van der Waals surface area contributed by atoms with Crippen LogP contribution in [0.1, 0.15) is 20.8 Å². The molecule has 1 rings (SSSR count). The maximum atomic E-state index is 12.4. The monoisotopic (exact) mass is 293 g/mol. The predicted molar refractivity (Wildman–Crippen MR) is 72.2 cm³/mol. The second-order valence-corrected chi connectivity index (χ2v) is 6.79. The van der Waals surface area contributed by atoms with Gasteiger partial charge in [0.1, 0.15) is 4.90 Å². The van der Waals surface area contributed by atoms with Crippen molar-refractivity contribution in [2.24, 2.45) is 5.92 Å². The SMILES string of the molecule is CCN(CC(C)C)S(=O)(=O)c1cnn(CCCl)c1. The van der Waals surface area contributed by atoms with Crippen LogP contribution in [0.5, 0.6) is 0 Å². The van der Waals surface area contributed by atoms with E-state index in [1.807, 2.05) is 20.8 Å². The summed E-state index contributed by atoms with van der Waals surface area (Å²) in [5, 5.41) is 3.99. The molecule has 0 spiro atoms. The second-order valence-electron chi connectivity index (χ2n) is 4.48. The van der Waals surface area contributed by atoms with E-state index >= 15 is 0 Å². The number of alkyl halides is 1. The summed E-state index contributed by atoms with van der Waals surface area (Å²) in [6.07, 6.45) is 2.91. The van der Waals surface area contributed by atoms with Gasteiger partial charge in [-0.15, -0.1) is 11.6 Å². The Hall–Kier alpha value is -0.590. The van der Waals surface area contributed by atoms with E-state index in [0.29, 0.717) is 25.5 Å². The van der Waals surface area contributed by atoms with E-state index in [0.717, 1.165) is 0 Å². The highest BCUT2D eigenvalue weighted by atomic mass is 35.5. The third kappa shape index (κ3) is 3.70. The Balaban J connectivity index is 2.95. The van der Waals surface area contributed by atoms with Gasteiger partial charge in [0, 0.05) is 25.2 Å². The quantitative estimate of drug-likeness (QED) is 0.720. The van der Waals surface area contributed by atoms with E-state index in [9.17, 15) is 8.42 Å². The first-order valence-corrected chi connectivity index (χ1v) is 7.97. The summed E-state index contributed by atoms with van der Waals surface area (Å²) in [7, 11) is -3.44. The van der Waals surface area contributed by atoms with Crippen molar-refractivity contribution >= 4 is 21.6 Å². The van der Waals surface area contributed by atoms with Gasteiger partial charge in [0.25, 0.3) is 0 Å². The molecule has 0 radical (unpaired) electrons. The standard InChI is InChI=1S/C11H20ClN3O2S/c1-4-15(8-10(2)3)18(16,17)11-7-13-14(9-11)6-5-12/h7,9-10H,4-6,8H2,1-3H3. The molecule has 5 nitrogen and oxygen atoms in total. The lowest BCUT2D eigenvalue weighted by molar-refractivity contribution is 0.381. The van der Waals surface area contributed by atoms with Crippen LogP contribution >= 0.6 is 11.6 Å². The zero-order valence-electron chi connectivity index (χ0n) is 11.0. The van der Waals surface area contributed by atoms with Crippen molar-refractivity contribution in [3.63, 3.8) is 0 Å². The van der Waals surface area contributed by atoms with Crippen LogP contribution in [0.2, 0.25) is 0 Å². The average Bonchev–Trinajstić information content (AvgIpc) is 2.75. The largest absolute Gasteiger partial charge is 0.270 e. The molecule has 104 valence electrons. The van der Waals surface area contributed by atoms with Gasteiger partial charge in [0.2, 0.25) is 10.0 Å². The van der Waals surface area contributed by atoms with Crippen molar-refractivity contribution in [1.82, 2.24) is 14.1 Å². The number of halogens is 1. The fourth-order valence-electron chi connectivity index (χ4n) is 1.64. The molecule has 0 aromatic carbocycles. The summed E-state index contributed by atoms with van der Waals surface area (Å²) in [5.74, 6) is 0.697. The fraction of sp³-hybridized carbons (Fsp3) is 0.727. The van der Waals surface area contributed by atoms with Gasteiger partial charge in [-0.25, -0.2) is 8.42 Å². The molecule has 0 unspecified atom stereocenters. The number of hydrogen-bond acceptors (Lipinski definition) is 3. The zero-order chi connectivity index (χ0) is 13.8. The molecule has 1 aromatic rings. The number of nitrogens with zero attached hydrogens (tertiary/aromatic N) is 3. The summed E-state index contributed by atoms with van der Waals surface area (Å²) in [4.78, 5) is 0.232. The Kier molecular flexibility index (Phi) is 5.62. The Morgan fingerprint density at radius 1 is 1.50 bits per heavy atom. The zero-order valence-corrected chi connectivity index (χ0v) is 12.6. The van der Waals surface area contributed by atoms with Crippen molar-refractivity contribution in [2.75, 3.05) is 19.0 Å². The molecule has 0 fully saturated rings. The molecule has 18 heavy (non-hydrogen) atoms. The highest BCUT2D eigenvalue weighted by molar-refractivity contribution is 7.89. The smallest absolute Gasteiger partial charge is 0.246 e. The minimum atomic E-state index is -3.44. The maximum absolute atomic E-state index is 12.4. The normalized spacial score (nSPS) is 12.6. The maximum Gasteiger partial charge on any atom is 0.246 e. The first-order chi connectivity index (χ1) is 8.41. The second kappa shape index (κ2) is 6.54. The number of hydrogen-bond donors (Lipinski definition) is 0. The molecule has 0 amide bonds. The molecule has 0 saturated carbocycles. The van der Waals surface area contributed by atoms with Crippen LogP contribution in [0, 0.1) is 5.92 Å². The van der Waals surface area contributed by atoms with Gasteiger partial charge >= 0.3 is 0 Å². The van der Waals surface area contributed by atoms with E-state index in [1.165, 1.54) is 16.7 Å². The number of aromatic nitrogens is 2. The number of sulfonamides is 1. The van der Waals surface area contributed by atoms with Crippen LogP contribution in [0.25, 0.3) is 0 Å². The molecule has 0 aliphatic rings. The van der Waals surface area contributed by atoms with Crippen molar-refractivity contribution in [3.05, 3.63) is 12.4 Å². The first-order valence-electron chi connectivity index (χ1n) is 6.00. The third-order valence-corrected chi connectivity index (χ3v) is 4.55. The van der Waals surface area contributed by atoms with E-state index in [1.54, 1.807) is 4.68 Å². The molecule has 1 aromatic heterocycles. The van der Waals surface area contributed by atoms with Gasteiger partial charge in [-0.2, -0.15) is 9.40 Å². The summed E-state index contributed by atoms with van der Waals surface area (Å²) in [6, 6.07) is 0. The van der Waals surface area contributed by atoms with Crippen molar-refractivity contribution in [2.45, 2.75) is 32.2 Å². The van der Waals surface area contributed by atoms with Crippen LogP contribution < -0.4 is 0 Å². The molecule has 7 heteroatoms. The number of aryl methyl sites for hydroxylation is 1. The lowest BCUT2D eigenvalue weighted by Crippen LogP contribution is -2.33. The predicted octanol–water partition coefficient (Wildman–Crippen LogP) is 1.79. The lowest BCUT2D eigenvalue weighted by Gasteiger charge is -2.21. The minimum Gasteiger partial charge on any atom is -0.270 e. The van der Waals surface area contributed by atoms with Crippen LogP contribution in [-0.2, 0) is 16.6 Å². The highest BCUT2D eigenvalue weighted by Crippen LogP contribution is 2.16. The Morgan fingerprint density at radius 2 is 2.17 bits per heavy atom. The molecule has 0 atom stereocenters. The Morgan fingerprint density at radius 3 is 2.67 bits per heavy atom. The van der Waals surface area contributed by atoms with Gasteiger partial charge in [0.05, 0.1) is 12.7 Å². The van der Waals surface area contributed by atoms with Gasteiger partial charge < -0.3 is 0 Å². The van der Waals surface area contributed by atoms with E-state index < -0.39 is 10.0 Å². The van der Waals surface area contributed by atoms with Gasteiger partial charge in [-0.1, -0.05) is 20.8 Å². The van der Waals surface area contributed by atoms with Crippen molar-refractivity contribution in [1.29, 1.82) is 0 Å². The fourth-order valence-corrected chi connectivity index (χ4v) is 3.38. The molecule has 1 heterocycles. The Labute approximate surface area is 114 Å². The number of rotatable bonds is 7. The first kappa shape index (κ1) is 15.5. The highest BCUT2D eigenvalue weighted by Gasteiger charge is 2.25. The lowest BCUT2D eigenvalue weighted by atomic mass is 10.2. The van der Waals surface area contributed by atoms with Gasteiger partial charge in [0.15, 0.2) is 0 Å². The minimum absolute atomic E-state index is 0.232. The van der Waals surface area contributed by atoms with Crippen molar-refractivity contribution in [3.8, 4) is 0 Å². The molecule has 0 aliphatic heterocycles. The summed E-state index contributed by atoms with van der Waals surface area (Å²) >= 11 is 5.60. The van der Waals surface area contributed by atoms with E-state index in [4.69, 9.17) is 11.6 Å². The van der Waals surface area contributed by atoms with E-state index in [-0.39, 0.29) is 10.8 Å². The molecule has 0 N–H and O–H groups in total. The Bertz CT molecular complexity index is 470. The third-order valence-electron chi connectivity index (χ3n) is 2.48. The summed E-state index contributed by atoms with van der Waals surface area (Å²) in [5.41, 5.74) is 0. The van der Waals surface area contributed by atoms with Crippen LogP contribution in [0.3, 0.4) is 0 Å². The van der Waals surface area contributed by atoms with Crippen LogP contribution in [0.4, 0.5) is 0 Å². The summed E-state index contributed by atoms with van der Waals surface area (Å²) in [6.45, 7) is 7.31. The van der Waals surface area contributed by atoms with Gasteiger partial charge in [-0.05, 0) is 5.92 Å². The van der Waals surface area contributed by atoms with E-state index in [2.05, 4.69) is 5.10 Å². The summed E-state index contributed by atoms with van der Waals surface area (Å²) < 4.78 is 27.7. The molecular formula is C11H20ClN3O2S. The molecule has 0 aliphatic carbocycles. The van der Waals surface area contributed by atoms with Gasteiger partial charge in [-0.3, -0.25) is 4.68 Å². The molecule has 0 bridgehead atoms. The van der Waals surface area contributed by atoms with Crippen LogP contribution in [0.15, 0.2) is 17.3 Å². The molecular weight excluding hydrogens is 274 g/mol. The van der Waals surface area contributed by atoms with Crippen molar-refractivity contribution < 1.29 is 8.42 Å². The van der Waals surface area contributed by atoms with Crippen LogP contribution in [-0.4, -0.2) is 41.5 Å². The average molecular weight is 294 g/mol. The molecule has 0 saturated heterocycles. The topological polar surface area (TPSA) is 55.2 Å².